The monoisotopic (exact) mass is 300 g/mol. The van der Waals surface area contributed by atoms with E-state index < -0.39 is 11.4 Å². The fourth-order valence-corrected chi connectivity index (χ4v) is 2.40. The number of carbonyl (C=O) groups excluding carboxylic acids is 1. The minimum absolute atomic E-state index is 0.157. The average molecular weight is 300 g/mol. The molecule has 1 aromatic rings. The molecule has 114 valence electrons. The Morgan fingerprint density at radius 3 is 2.50 bits per heavy atom. The van der Waals surface area contributed by atoms with Crippen molar-refractivity contribution in [3.63, 3.8) is 0 Å². The molecule has 0 aliphatic heterocycles. The summed E-state index contributed by atoms with van der Waals surface area (Å²) >= 11 is -1.20. The molecule has 1 aromatic heterocycles. The number of aromatic nitrogens is 2. The second kappa shape index (κ2) is 6.15. The van der Waals surface area contributed by atoms with Gasteiger partial charge in [-0.2, -0.15) is 5.10 Å². The van der Waals surface area contributed by atoms with Crippen LogP contribution in [0.15, 0.2) is 6.20 Å². The van der Waals surface area contributed by atoms with Crippen molar-refractivity contribution >= 4 is 17.3 Å². The number of hydrogen-bond donors (Lipinski definition) is 1. The Hall–Kier alpha value is -1.05. The Morgan fingerprint density at radius 2 is 2.05 bits per heavy atom. The fourth-order valence-electron chi connectivity index (χ4n) is 1.60. The van der Waals surface area contributed by atoms with Gasteiger partial charge in [-0.05, 0) is 27.7 Å². The van der Waals surface area contributed by atoms with Crippen molar-refractivity contribution in [1.29, 1.82) is 0 Å². The van der Waals surface area contributed by atoms with Crippen LogP contribution in [0.3, 0.4) is 0 Å². The van der Waals surface area contributed by atoms with Crippen molar-refractivity contribution in [3.8, 4) is 0 Å². The molecule has 7 heteroatoms. The van der Waals surface area contributed by atoms with Gasteiger partial charge < -0.3 is 9.45 Å². The van der Waals surface area contributed by atoms with Gasteiger partial charge in [-0.15, -0.1) is 4.72 Å². The molecule has 1 unspecified atom stereocenters. The third-order valence-corrected chi connectivity index (χ3v) is 4.45. The highest BCUT2D eigenvalue weighted by Gasteiger charge is 2.30. The molecule has 0 radical (unpaired) electrons. The molecule has 0 aromatic carbocycles. The van der Waals surface area contributed by atoms with Gasteiger partial charge in [0.1, 0.15) is 4.75 Å². The number of nitrogens with one attached hydrogen (secondary N) is 1. The predicted molar refractivity (Wildman–Crippen MR) is 80.7 cm³/mol. The third-order valence-electron chi connectivity index (χ3n) is 2.77. The Labute approximate surface area is 123 Å². The zero-order chi connectivity index (χ0) is 15.7. The number of carbonyl (C=O) groups is 1. The number of amides is 1. The van der Waals surface area contributed by atoms with Crippen LogP contribution < -0.4 is 4.72 Å². The fraction of sp³-hybridized carbons (Fsp3) is 0.692. The summed E-state index contributed by atoms with van der Waals surface area (Å²) < 4.78 is 16.4. The minimum Gasteiger partial charge on any atom is -0.598 e. The number of hydrogen-bond acceptors (Lipinski definition) is 4. The molecule has 0 saturated carbocycles. The molecule has 0 bridgehead atoms. The summed E-state index contributed by atoms with van der Waals surface area (Å²) in [5.41, 5.74) is 1.15. The van der Waals surface area contributed by atoms with Gasteiger partial charge in [0, 0.05) is 44.3 Å². The maximum atomic E-state index is 12.1. The highest BCUT2D eigenvalue weighted by molar-refractivity contribution is 7.90. The Kier molecular flexibility index (Phi) is 5.23. The van der Waals surface area contributed by atoms with E-state index >= 15 is 0 Å². The first-order valence-corrected chi connectivity index (χ1v) is 7.62. The van der Waals surface area contributed by atoms with Gasteiger partial charge in [0.25, 0.3) is 5.91 Å². The Bertz CT molecular complexity index is 479. The van der Waals surface area contributed by atoms with Gasteiger partial charge in [-0.3, -0.25) is 9.48 Å². The Balaban J connectivity index is 2.99. The van der Waals surface area contributed by atoms with E-state index in [1.807, 2.05) is 27.7 Å². The van der Waals surface area contributed by atoms with Crippen LogP contribution >= 0.6 is 0 Å². The summed E-state index contributed by atoms with van der Waals surface area (Å²) in [6, 6.07) is -0.220. The van der Waals surface area contributed by atoms with Gasteiger partial charge in [0.05, 0.1) is 6.04 Å². The molecule has 0 spiro atoms. The lowest BCUT2D eigenvalue weighted by Crippen LogP contribution is -2.40. The molecule has 0 saturated heterocycles. The maximum Gasteiger partial charge on any atom is 0.274 e. The first kappa shape index (κ1) is 17.0. The second-order valence-corrected chi connectivity index (χ2v) is 8.02. The lowest BCUT2D eigenvalue weighted by Gasteiger charge is -2.26. The summed E-state index contributed by atoms with van der Waals surface area (Å²) in [5.74, 6) is -0.157. The van der Waals surface area contributed by atoms with Gasteiger partial charge in [0.2, 0.25) is 0 Å². The van der Waals surface area contributed by atoms with Crippen LogP contribution in [0.25, 0.3) is 0 Å². The molecule has 1 heterocycles. The van der Waals surface area contributed by atoms with Gasteiger partial charge >= 0.3 is 0 Å². The van der Waals surface area contributed by atoms with Gasteiger partial charge in [-0.1, -0.05) is 0 Å². The van der Waals surface area contributed by atoms with Crippen molar-refractivity contribution in [2.24, 2.45) is 7.05 Å². The van der Waals surface area contributed by atoms with Crippen LogP contribution in [0.5, 0.6) is 0 Å². The number of nitrogens with zero attached hydrogens (tertiary/aromatic N) is 3. The number of aryl methyl sites for hydroxylation is 1. The van der Waals surface area contributed by atoms with E-state index in [0.717, 1.165) is 5.56 Å². The smallest absolute Gasteiger partial charge is 0.274 e. The molecular formula is C13H24N4O2S. The summed E-state index contributed by atoms with van der Waals surface area (Å²) in [6.45, 7) is 7.58. The van der Waals surface area contributed by atoms with E-state index in [1.54, 1.807) is 32.0 Å². The van der Waals surface area contributed by atoms with E-state index in [-0.39, 0.29) is 16.7 Å². The average Bonchev–Trinajstić information content (AvgIpc) is 2.68. The van der Waals surface area contributed by atoms with E-state index in [0.29, 0.717) is 5.69 Å². The van der Waals surface area contributed by atoms with Crippen molar-refractivity contribution < 1.29 is 9.35 Å². The summed E-state index contributed by atoms with van der Waals surface area (Å²) in [5, 5.41) is 4.21. The second-order valence-electron chi connectivity index (χ2n) is 6.03. The molecule has 1 N–H and O–H groups in total. The van der Waals surface area contributed by atoms with Crippen molar-refractivity contribution in [3.05, 3.63) is 17.5 Å². The lowest BCUT2D eigenvalue weighted by molar-refractivity contribution is 0.0819. The molecule has 6 nitrogen and oxygen atoms in total. The van der Waals surface area contributed by atoms with Crippen LogP contribution in [-0.4, -0.2) is 44.0 Å². The van der Waals surface area contributed by atoms with Gasteiger partial charge in [0.15, 0.2) is 5.69 Å². The highest BCUT2D eigenvalue weighted by atomic mass is 32.2. The topological polar surface area (TPSA) is 73.2 Å². The molecule has 1 rings (SSSR count). The standard InChI is InChI=1S/C13H24N4O2S/c1-9(15-20(19)13(2,3)4)10-8-17(7)14-11(10)12(18)16(5)6/h8-9,15H,1-7H3/t9-,20?/m0/s1. The molecule has 1 amide bonds. The summed E-state index contributed by atoms with van der Waals surface area (Å²) in [6.07, 6.45) is 1.79. The molecule has 0 aliphatic carbocycles. The van der Waals surface area contributed by atoms with E-state index in [1.165, 1.54) is 4.90 Å². The van der Waals surface area contributed by atoms with Crippen LogP contribution in [0, 0.1) is 0 Å². The SMILES string of the molecule is C[C@H](N[S+]([O-])C(C)(C)C)c1cn(C)nc1C(=O)N(C)C. The quantitative estimate of drug-likeness (QED) is 0.849. The first-order valence-electron chi connectivity index (χ1n) is 6.47. The van der Waals surface area contributed by atoms with Crippen molar-refractivity contribution in [2.45, 2.75) is 38.5 Å². The van der Waals surface area contributed by atoms with Crippen molar-refractivity contribution in [1.82, 2.24) is 19.4 Å². The molecule has 20 heavy (non-hydrogen) atoms. The third kappa shape index (κ3) is 3.97. The largest absolute Gasteiger partial charge is 0.598 e. The van der Waals surface area contributed by atoms with Crippen LogP contribution in [0.4, 0.5) is 0 Å². The lowest BCUT2D eigenvalue weighted by atomic mass is 10.1. The zero-order valence-corrected chi connectivity index (χ0v) is 14.0. The van der Waals surface area contributed by atoms with E-state index in [4.69, 9.17) is 0 Å². The predicted octanol–water partition coefficient (Wildman–Crippen LogP) is 1.23. The first-order chi connectivity index (χ1) is 9.04. The molecule has 0 aliphatic rings. The zero-order valence-electron chi connectivity index (χ0n) is 13.2. The van der Waals surface area contributed by atoms with Crippen LogP contribution in [0.1, 0.15) is 49.8 Å². The van der Waals surface area contributed by atoms with Gasteiger partial charge in [-0.25, -0.2) is 0 Å². The molecular weight excluding hydrogens is 276 g/mol. The van der Waals surface area contributed by atoms with E-state index in [9.17, 15) is 9.35 Å². The highest BCUT2D eigenvalue weighted by Crippen LogP contribution is 2.22. The minimum atomic E-state index is -1.20. The van der Waals surface area contributed by atoms with E-state index in [2.05, 4.69) is 9.82 Å². The van der Waals surface area contributed by atoms with Crippen molar-refractivity contribution in [2.75, 3.05) is 14.1 Å². The molecule has 2 atom stereocenters. The normalized spacial score (nSPS) is 15.0. The van der Waals surface area contributed by atoms with Crippen LogP contribution in [-0.2, 0) is 18.4 Å². The summed E-state index contributed by atoms with van der Waals surface area (Å²) in [4.78, 5) is 13.6. The Morgan fingerprint density at radius 1 is 1.50 bits per heavy atom. The summed E-state index contributed by atoms with van der Waals surface area (Å²) in [7, 11) is 5.14. The maximum absolute atomic E-state index is 12.1. The molecule has 0 fully saturated rings. The van der Waals surface area contributed by atoms with Crippen LogP contribution in [0.2, 0.25) is 0 Å². The number of rotatable bonds is 4.